The zero-order chi connectivity index (χ0) is 16.2. The van der Waals surface area contributed by atoms with Crippen molar-refractivity contribution in [2.75, 3.05) is 32.1 Å². The molecule has 0 radical (unpaired) electrons. The number of hydrogen-bond acceptors (Lipinski definition) is 5. The molecule has 1 fully saturated rings. The van der Waals surface area contributed by atoms with E-state index >= 15 is 0 Å². The van der Waals surface area contributed by atoms with Gasteiger partial charge in [-0.05, 0) is 46.0 Å². The fraction of sp³-hybridized carbons (Fsp3) is 0.444. The molecule has 2 heterocycles. The molecule has 1 saturated heterocycles. The van der Waals surface area contributed by atoms with Crippen LogP contribution in [0.1, 0.15) is 30.1 Å². The lowest BCUT2D eigenvalue weighted by atomic mass is 10.0. The molecule has 0 amide bonds. The lowest BCUT2D eigenvalue weighted by Gasteiger charge is -2.31. The molecule has 0 unspecified atom stereocenters. The highest BCUT2D eigenvalue weighted by Crippen LogP contribution is 2.28. The number of anilines is 1. The average Bonchev–Trinajstić information content (AvgIpc) is 2.57. The van der Waals surface area contributed by atoms with Crippen LogP contribution in [0.25, 0.3) is 10.9 Å². The third-order valence-corrected chi connectivity index (χ3v) is 4.34. The van der Waals surface area contributed by atoms with Crippen molar-refractivity contribution >= 4 is 22.6 Å². The van der Waals surface area contributed by atoms with Crippen LogP contribution in [0.4, 0.5) is 5.69 Å². The molecule has 1 N–H and O–H groups in total. The summed E-state index contributed by atoms with van der Waals surface area (Å²) in [6, 6.07) is 8.26. The molecule has 23 heavy (non-hydrogen) atoms. The summed E-state index contributed by atoms with van der Waals surface area (Å²) in [6.07, 6.45) is 3.75. The third kappa shape index (κ3) is 3.45. The van der Waals surface area contributed by atoms with E-state index in [-0.39, 0.29) is 5.97 Å². The molecular weight excluding hydrogens is 290 g/mol. The van der Waals surface area contributed by atoms with Gasteiger partial charge in [0.25, 0.3) is 0 Å². The van der Waals surface area contributed by atoms with Gasteiger partial charge in [-0.25, -0.2) is 4.79 Å². The number of pyridine rings is 1. The van der Waals surface area contributed by atoms with Crippen LogP contribution in [0, 0.1) is 0 Å². The van der Waals surface area contributed by atoms with Gasteiger partial charge in [0, 0.05) is 17.6 Å². The minimum absolute atomic E-state index is 0.318. The number of piperidine rings is 1. The smallest absolute Gasteiger partial charge is 0.341 e. The highest BCUT2D eigenvalue weighted by molar-refractivity contribution is 6.04. The van der Waals surface area contributed by atoms with E-state index in [2.05, 4.69) is 22.2 Å². The van der Waals surface area contributed by atoms with E-state index in [4.69, 9.17) is 4.74 Å². The molecule has 5 nitrogen and oxygen atoms in total. The summed E-state index contributed by atoms with van der Waals surface area (Å²) >= 11 is 0. The van der Waals surface area contributed by atoms with Crippen molar-refractivity contribution < 1.29 is 9.53 Å². The van der Waals surface area contributed by atoms with Crippen LogP contribution >= 0.6 is 0 Å². The van der Waals surface area contributed by atoms with Gasteiger partial charge in [0.05, 0.1) is 17.8 Å². The van der Waals surface area contributed by atoms with Crippen LogP contribution in [-0.4, -0.2) is 48.6 Å². The summed E-state index contributed by atoms with van der Waals surface area (Å²) in [5.74, 6) is -0.318. The number of rotatable bonds is 4. The second-order valence-electron chi connectivity index (χ2n) is 6.01. The molecule has 122 valence electrons. The summed E-state index contributed by atoms with van der Waals surface area (Å²) in [4.78, 5) is 19.0. The van der Waals surface area contributed by atoms with Crippen LogP contribution in [0.5, 0.6) is 0 Å². The van der Waals surface area contributed by atoms with E-state index < -0.39 is 0 Å². The topological polar surface area (TPSA) is 54.5 Å². The minimum Gasteiger partial charge on any atom is -0.462 e. The molecule has 3 rings (SSSR count). The van der Waals surface area contributed by atoms with E-state index in [9.17, 15) is 4.79 Å². The SMILES string of the molecule is CCOC(=O)c1cnc2ccccc2c1NC1CCN(C)CC1. The number of likely N-dealkylation sites (tertiary alicyclic amines) is 1. The summed E-state index contributed by atoms with van der Waals surface area (Å²) in [7, 11) is 2.14. The molecule has 0 spiro atoms. The zero-order valence-corrected chi connectivity index (χ0v) is 13.7. The van der Waals surface area contributed by atoms with Crippen molar-refractivity contribution in [3.63, 3.8) is 0 Å². The molecule has 2 aromatic rings. The number of aromatic nitrogens is 1. The summed E-state index contributed by atoms with van der Waals surface area (Å²) in [5, 5.41) is 4.55. The van der Waals surface area contributed by atoms with Gasteiger partial charge >= 0.3 is 5.97 Å². The molecule has 1 aliphatic rings. The standard InChI is InChI=1S/C18H23N3O2/c1-3-23-18(22)15-12-19-16-7-5-4-6-14(16)17(15)20-13-8-10-21(2)11-9-13/h4-7,12-13H,3,8-11H2,1-2H3,(H,19,20). The van der Waals surface area contributed by atoms with Gasteiger partial charge in [-0.3, -0.25) is 4.98 Å². The van der Waals surface area contributed by atoms with Crippen molar-refractivity contribution in [3.8, 4) is 0 Å². The van der Waals surface area contributed by atoms with Crippen LogP contribution in [0.15, 0.2) is 30.5 Å². The number of nitrogens with one attached hydrogen (secondary N) is 1. The van der Waals surface area contributed by atoms with Crippen molar-refractivity contribution in [3.05, 3.63) is 36.0 Å². The first kappa shape index (κ1) is 15.7. The number of carbonyl (C=O) groups excluding carboxylic acids is 1. The molecule has 1 aromatic heterocycles. The maximum atomic E-state index is 12.3. The van der Waals surface area contributed by atoms with E-state index in [1.807, 2.05) is 31.2 Å². The second kappa shape index (κ2) is 6.96. The number of ether oxygens (including phenoxy) is 1. The Hall–Kier alpha value is -2.14. The fourth-order valence-electron chi connectivity index (χ4n) is 3.02. The highest BCUT2D eigenvalue weighted by atomic mass is 16.5. The van der Waals surface area contributed by atoms with Crippen molar-refractivity contribution in [2.45, 2.75) is 25.8 Å². The molecule has 1 aromatic carbocycles. The Labute approximate surface area is 136 Å². The van der Waals surface area contributed by atoms with E-state index in [0.717, 1.165) is 42.5 Å². The van der Waals surface area contributed by atoms with Gasteiger partial charge in [0.1, 0.15) is 5.56 Å². The fourth-order valence-corrected chi connectivity index (χ4v) is 3.02. The van der Waals surface area contributed by atoms with Crippen molar-refractivity contribution in [1.29, 1.82) is 0 Å². The number of benzene rings is 1. The normalized spacial score (nSPS) is 16.4. The Morgan fingerprint density at radius 3 is 2.83 bits per heavy atom. The largest absolute Gasteiger partial charge is 0.462 e. The maximum Gasteiger partial charge on any atom is 0.341 e. The van der Waals surface area contributed by atoms with Gasteiger partial charge in [-0.2, -0.15) is 0 Å². The van der Waals surface area contributed by atoms with E-state index in [1.165, 1.54) is 0 Å². The summed E-state index contributed by atoms with van der Waals surface area (Å²) < 4.78 is 5.20. The number of esters is 1. The van der Waals surface area contributed by atoms with E-state index in [1.54, 1.807) is 6.20 Å². The second-order valence-corrected chi connectivity index (χ2v) is 6.01. The minimum atomic E-state index is -0.318. The van der Waals surface area contributed by atoms with E-state index in [0.29, 0.717) is 18.2 Å². The Morgan fingerprint density at radius 1 is 1.35 bits per heavy atom. The highest BCUT2D eigenvalue weighted by Gasteiger charge is 2.21. The Bertz CT molecular complexity index is 694. The van der Waals surface area contributed by atoms with Crippen molar-refractivity contribution in [1.82, 2.24) is 9.88 Å². The number of hydrogen-bond donors (Lipinski definition) is 1. The van der Waals surface area contributed by atoms with Gasteiger partial charge in [0.15, 0.2) is 0 Å². The monoisotopic (exact) mass is 313 g/mol. The predicted molar refractivity (Wildman–Crippen MR) is 91.8 cm³/mol. The third-order valence-electron chi connectivity index (χ3n) is 4.34. The van der Waals surface area contributed by atoms with Gasteiger partial charge < -0.3 is 15.0 Å². The number of fused-ring (bicyclic) bond motifs is 1. The summed E-state index contributed by atoms with van der Waals surface area (Å²) in [6.45, 7) is 4.31. The molecule has 5 heteroatoms. The Morgan fingerprint density at radius 2 is 2.09 bits per heavy atom. The predicted octanol–water partition coefficient (Wildman–Crippen LogP) is 2.92. The molecule has 0 atom stereocenters. The lowest BCUT2D eigenvalue weighted by Crippen LogP contribution is -2.37. The van der Waals surface area contributed by atoms with Crippen LogP contribution in [0.3, 0.4) is 0 Å². The Balaban J connectivity index is 1.97. The molecular formula is C18H23N3O2. The van der Waals surface area contributed by atoms with Crippen LogP contribution in [0.2, 0.25) is 0 Å². The van der Waals surface area contributed by atoms with Crippen LogP contribution in [-0.2, 0) is 4.74 Å². The number of para-hydroxylation sites is 1. The first-order chi connectivity index (χ1) is 11.2. The molecule has 1 aliphatic heterocycles. The number of nitrogens with zero attached hydrogens (tertiary/aromatic N) is 2. The maximum absolute atomic E-state index is 12.3. The molecule has 0 saturated carbocycles. The lowest BCUT2D eigenvalue weighted by molar-refractivity contribution is 0.0527. The van der Waals surface area contributed by atoms with Gasteiger partial charge in [-0.1, -0.05) is 18.2 Å². The van der Waals surface area contributed by atoms with Crippen molar-refractivity contribution in [2.24, 2.45) is 0 Å². The Kier molecular flexibility index (Phi) is 4.76. The number of carbonyl (C=O) groups is 1. The average molecular weight is 313 g/mol. The first-order valence-electron chi connectivity index (χ1n) is 8.19. The summed E-state index contributed by atoms with van der Waals surface area (Å²) in [5.41, 5.74) is 2.25. The quantitative estimate of drug-likeness (QED) is 0.880. The van der Waals surface area contributed by atoms with Gasteiger partial charge in [-0.15, -0.1) is 0 Å². The first-order valence-corrected chi connectivity index (χ1v) is 8.19. The zero-order valence-electron chi connectivity index (χ0n) is 13.7. The van der Waals surface area contributed by atoms with Gasteiger partial charge in [0.2, 0.25) is 0 Å². The molecule has 0 aliphatic carbocycles. The molecule has 0 bridgehead atoms. The van der Waals surface area contributed by atoms with Crippen LogP contribution < -0.4 is 5.32 Å².